The summed E-state index contributed by atoms with van der Waals surface area (Å²) in [5, 5.41) is 0. The van der Waals surface area contributed by atoms with Gasteiger partial charge in [-0.25, -0.2) is 8.42 Å². The Hall–Kier alpha value is -2.46. The van der Waals surface area contributed by atoms with Gasteiger partial charge in [-0.2, -0.15) is 17.5 Å². The number of rotatable bonds is 2. The summed E-state index contributed by atoms with van der Waals surface area (Å²) in [5.74, 6) is -0.184. The van der Waals surface area contributed by atoms with Crippen molar-refractivity contribution in [2.45, 2.75) is 24.0 Å². The van der Waals surface area contributed by atoms with Crippen molar-refractivity contribution >= 4 is 15.9 Å². The molecule has 1 saturated heterocycles. The fourth-order valence-electron chi connectivity index (χ4n) is 3.73. The molecule has 4 rings (SSSR count). The van der Waals surface area contributed by atoms with E-state index in [0.717, 1.165) is 18.2 Å². The highest BCUT2D eigenvalue weighted by atomic mass is 32.2. The molecule has 28 heavy (non-hydrogen) atoms. The van der Waals surface area contributed by atoms with E-state index in [-0.39, 0.29) is 36.0 Å². The molecule has 2 aromatic rings. The van der Waals surface area contributed by atoms with E-state index < -0.39 is 27.8 Å². The van der Waals surface area contributed by atoms with E-state index in [2.05, 4.69) is 4.98 Å². The standard InChI is InChI=1S/C18H16F3N3O3S/c1-11-9-12(18(19,20)21)4-5-15(11)28(26,27)23-7-8-24-14(10-23)16-13(17(24)25)3-2-6-22-16/h2-6,9,14H,7-8,10H2,1H3/t14-/m1/s1. The maximum atomic E-state index is 13.1. The number of carbonyl (C=O) groups is 1. The summed E-state index contributed by atoms with van der Waals surface area (Å²) in [4.78, 5) is 18.1. The van der Waals surface area contributed by atoms with Crippen LogP contribution in [-0.2, 0) is 16.2 Å². The van der Waals surface area contributed by atoms with Crippen LogP contribution in [0.4, 0.5) is 13.2 Å². The topological polar surface area (TPSA) is 70.6 Å². The van der Waals surface area contributed by atoms with Gasteiger partial charge in [-0.3, -0.25) is 9.78 Å². The number of fused-ring (bicyclic) bond motifs is 3. The number of hydrogen-bond donors (Lipinski definition) is 0. The number of pyridine rings is 1. The first-order chi connectivity index (χ1) is 13.1. The third-order valence-electron chi connectivity index (χ3n) is 5.11. The zero-order chi connectivity index (χ0) is 20.3. The monoisotopic (exact) mass is 411 g/mol. The number of sulfonamides is 1. The van der Waals surface area contributed by atoms with Gasteiger partial charge in [0, 0.05) is 25.8 Å². The van der Waals surface area contributed by atoms with Crippen LogP contribution in [-0.4, -0.2) is 48.1 Å². The average Bonchev–Trinajstić information content (AvgIpc) is 2.93. The van der Waals surface area contributed by atoms with Crippen molar-refractivity contribution in [2.75, 3.05) is 19.6 Å². The second-order valence-electron chi connectivity index (χ2n) is 6.79. The summed E-state index contributed by atoms with van der Waals surface area (Å²) >= 11 is 0. The Balaban J connectivity index is 1.66. The largest absolute Gasteiger partial charge is 0.416 e. The summed E-state index contributed by atoms with van der Waals surface area (Å²) in [6, 6.07) is 5.40. The van der Waals surface area contributed by atoms with Gasteiger partial charge in [0.25, 0.3) is 5.91 Å². The lowest BCUT2D eigenvalue weighted by atomic mass is 10.1. The van der Waals surface area contributed by atoms with Gasteiger partial charge >= 0.3 is 6.18 Å². The van der Waals surface area contributed by atoms with Gasteiger partial charge < -0.3 is 4.90 Å². The van der Waals surface area contributed by atoms with Crippen LogP contribution < -0.4 is 0 Å². The molecular weight excluding hydrogens is 395 g/mol. The molecule has 2 aliphatic heterocycles. The smallest absolute Gasteiger partial charge is 0.327 e. The van der Waals surface area contributed by atoms with Crippen LogP contribution in [0.25, 0.3) is 0 Å². The number of nitrogens with zero attached hydrogens (tertiary/aromatic N) is 3. The van der Waals surface area contributed by atoms with Crippen molar-refractivity contribution in [3.05, 3.63) is 58.9 Å². The lowest BCUT2D eigenvalue weighted by Gasteiger charge is -2.36. The molecule has 1 fully saturated rings. The highest BCUT2D eigenvalue weighted by Gasteiger charge is 2.44. The first kappa shape index (κ1) is 18.9. The summed E-state index contributed by atoms with van der Waals surface area (Å²) < 4.78 is 66.0. The Labute approximate surface area is 159 Å². The average molecular weight is 411 g/mol. The zero-order valence-electron chi connectivity index (χ0n) is 14.8. The van der Waals surface area contributed by atoms with E-state index in [4.69, 9.17) is 0 Å². The third-order valence-corrected chi connectivity index (χ3v) is 7.13. The van der Waals surface area contributed by atoms with Crippen LogP contribution >= 0.6 is 0 Å². The van der Waals surface area contributed by atoms with Gasteiger partial charge in [0.2, 0.25) is 10.0 Å². The molecule has 1 aromatic heterocycles. The van der Waals surface area contributed by atoms with Crippen LogP contribution in [0.2, 0.25) is 0 Å². The number of carbonyl (C=O) groups excluding carboxylic acids is 1. The molecule has 0 saturated carbocycles. The quantitative estimate of drug-likeness (QED) is 0.762. The van der Waals surface area contributed by atoms with E-state index in [1.165, 1.54) is 11.2 Å². The van der Waals surface area contributed by atoms with Crippen molar-refractivity contribution in [3.8, 4) is 0 Å². The Morgan fingerprint density at radius 1 is 1.18 bits per heavy atom. The first-order valence-electron chi connectivity index (χ1n) is 8.54. The van der Waals surface area contributed by atoms with Gasteiger partial charge in [0.15, 0.2) is 0 Å². The van der Waals surface area contributed by atoms with Gasteiger partial charge in [-0.05, 0) is 42.8 Å². The Kier molecular flexibility index (Phi) is 4.23. The number of aryl methyl sites for hydroxylation is 1. The van der Waals surface area contributed by atoms with Crippen molar-refractivity contribution in [1.82, 2.24) is 14.2 Å². The molecule has 0 bridgehead atoms. The zero-order valence-corrected chi connectivity index (χ0v) is 15.6. The molecule has 1 atom stereocenters. The van der Waals surface area contributed by atoms with Crippen molar-refractivity contribution in [1.29, 1.82) is 0 Å². The van der Waals surface area contributed by atoms with E-state index >= 15 is 0 Å². The van der Waals surface area contributed by atoms with E-state index in [1.54, 1.807) is 23.2 Å². The van der Waals surface area contributed by atoms with Crippen molar-refractivity contribution in [2.24, 2.45) is 0 Å². The molecule has 6 nitrogen and oxygen atoms in total. The van der Waals surface area contributed by atoms with E-state index in [1.807, 2.05) is 0 Å². The van der Waals surface area contributed by atoms with Crippen LogP contribution in [0.3, 0.4) is 0 Å². The maximum Gasteiger partial charge on any atom is 0.416 e. The molecule has 0 N–H and O–H groups in total. The molecule has 2 aliphatic rings. The molecule has 3 heterocycles. The lowest BCUT2D eigenvalue weighted by Crippen LogP contribution is -2.49. The van der Waals surface area contributed by atoms with Crippen molar-refractivity contribution in [3.63, 3.8) is 0 Å². The van der Waals surface area contributed by atoms with Gasteiger partial charge in [-0.15, -0.1) is 0 Å². The Morgan fingerprint density at radius 2 is 1.93 bits per heavy atom. The minimum atomic E-state index is -4.54. The molecule has 1 amide bonds. The maximum absolute atomic E-state index is 13.1. The predicted molar refractivity (Wildman–Crippen MR) is 93.0 cm³/mol. The second-order valence-corrected chi connectivity index (χ2v) is 8.70. The summed E-state index contributed by atoms with van der Waals surface area (Å²) in [7, 11) is -4.01. The van der Waals surface area contributed by atoms with Gasteiger partial charge in [-0.1, -0.05) is 0 Å². The Morgan fingerprint density at radius 3 is 2.61 bits per heavy atom. The minimum absolute atomic E-state index is 0.0124. The van der Waals surface area contributed by atoms with E-state index in [9.17, 15) is 26.4 Å². The number of aromatic nitrogens is 1. The molecule has 0 aliphatic carbocycles. The number of piperazine rings is 1. The second kappa shape index (κ2) is 6.28. The molecule has 1 aromatic carbocycles. The van der Waals surface area contributed by atoms with Gasteiger partial charge in [0.1, 0.15) is 0 Å². The number of amides is 1. The normalized spacial score (nSPS) is 20.2. The Bertz CT molecular complexity index is 1070. The summed E-state index contributed by atoms with van der Waals surface area (Å²) in [5.41, 5.74) is 0.112. The molecular formula is C18H16F3N3O3S. The van der Waals surface area contributed by atoms with Crippen LogP contribution in [0.5, 0.6) is 0 Å². The lowest BCUT2D eigenvalue weighted by molar-refractivity contribution is -0.137. The number of hydrogen-bond acceptors (Lipinski definition) is 4. The van der Waals surface area contributed by atoms with Gasteiger partial charge in [0.05, 0.1) is 27.8 Å². The fourth-order valence-corrected chi connectivity index (χ4v) is 5.37. The fraction of sp³-hybridized carbons (Fsp3) is 0.333. The highest BCUT2D eigenvalue weighted by Crippen LogP contribution is 2.37. The highest BCUT2D eigenvalue weighted by molar-refractivity contribution is 7.89. The van der Waals surface area contributed by atoms with Crippen molar-refractivity contribution < 1.29 is 26.4 Å². The van der Waals surface area contributed by atoms with Crippen LogP contribution in [0.1, 0.15) is 33.2 Å². The number of halogens is 3. The number of benzene rings is 1. The summed E-state index contributed by atoms with van der Waals surface area (Å²) in [6.45, 7) is 1.62. The number of alkyl halides is 3. The van der Waals surface area contributed by atoms with Crippen LogP contribution in [0.15, 0.2) is 41.4 Å². The molecule has 148 valence electrons. The molecule has 0 unspecified atom stereocenters. The minimum Gasteiger partial charge on any atom is -0.327 e. The predicted octanol–water partition coefficient (Wildman–Crippen LogP) is 2.61. The summed E-state index contributed by atoms with van der Waals surface area (Å²) in [6.07, 6.45) is -3.00. The molecule has 0 radical (unpaired) electrons. The molecule has 10 heteroatoms. The molecule has 0 spiro atoms. The van der Waals surface area contributed by atoms with Crippen LogP contribution in [0, 0.1) is 6.92 Å². The van der Waals surface area contributed by atoms with E-state index in [0.29, 0.717) is 11.3 Å². The SMILES string of the molecule is Cc1cc(C(F)(F)F)ccc1S(=O)(=O)N1CCN2C(=O)c3cccnc3[C@H]2C1. The third kappa shape index (κ3) is 2.87. The first-order valence-corrected chi connectivity index (χ1v) is 9.98.